The second kappa shape index (κ2) is 11.3. The zero-order valence-corrected chi connectivity index (χ0v) is 26.1. The van der Waals surface area contributed by atoms with Crippen LogP contribution in [0.4, 0.5) is 15.9 Å². The number of hydrogen-bond donors (Lipinski definition) is 2. The van der Waals surface area contributed by atoms with Gasteiger partial charge in [0.15, 0.2) is 11.6 Å². The van der Waals surface area contributed by atoms with Gasteiger partial charge in [0, 0.05) is 55.1 Å². The number of aryl methyl sites for hydroxylation is 1. The average Bonchev–Trinajstić information content (AvgIpc) is 3.39. The minimum Gasteiger partial charge on any atom is -0.392 e. The van der Waals surface area contributed by atoms with Crippen LogP contribution in [0.2, 0.25) is 0 Å². The van der Waals surface area contributed by atoms with Crippen LogP contribution in [0, 0.1) is 5.82 Å². The molecule has 1 saturated heterocycles. The molecule has 4 aromatic heterocycles. The highest BCUT2D eigenvalue weighted by atomic mass is 19.1. The number of halogens is 1. The van der Waals surface area contributed by atoms with Crippen molar-refractivity contribution in [2.24, 2.45) is 7.05 Å². The molecule has 0 radical (unpaired) electrons. The third kappa shape index (κ3) is 5.19. The number of aromatic nitrogens is 6. The molecule has 0 saturated carbocycles. The molecule has 12 nitrogen and oxygen atoms in total. The first kappa shape index (κ1) is 30.0. The highest BCUT2D eigenvalue weighted by Gasteiger charge is 2.30. The van der Waals surface area contributed by atoms with Crippen molar-refractivity contribution in [1.82, 2.24) is 34.0 Å². The fourth-order valence-corrected chi connectivity index (χ4v) is 6.09. The van der Waals surface area contributed by atoms with E-state index in [4.69, 9.17) is 4.74 Å². The van der Waals surface area contributed by atoms with Gasteiger partial charge in [0.1, 0.15) is 11.5 Å². The number of nitrogens with zero attached hydrogens (tertiary/aromatic N) is 7. The van der Waals surface area contributed by atoms with E-state index in [0.717, 1.165) is 48.8 Å². The van der Waals surface area contributed by atoms with Gasteiger partial charge in [0.25, 0.3) is 11.1 Å². The van der Waals surface area contributed by atoms with Gasteiger partial charge in [-0.25, -0.2) is 9.37 Å². The van der Waals surface area contributed by atoms with Crippen molar-refractivity contribution in [3.63, 3.8) is 0 Å². The summed E-state index contributed by atoms with van der Waals surface area (Å²) in [7, 11) is 1.64. The molecule has 2 N–H and O–H groups in total. The van der Waals surface area contributed by atoms with E-state index in [2.05, 4.69) is 25.4 Å². The van der Waals surface area contributed by atoms with Crippen LogP contribution >= 0.6 is 0 Å². The predicted octanol–water partition coefficient (Wildman–Crippen LogP) is 3.23. The van der Waals surface area contributed by atoms with Gasteiger partial charge in [0.2, 0.25) is 0 Å². The maximum Gasteiger partial charge on any atom is 0.283 e. The Labute approximate surface area is 263 Å². The lowest BCUT2D eigenvalue weighted by atomic mass is 9.86. The Morgan fingerprint density at radius 3 is 2.63 bits per heavy atom. The molecule has 0 bridgehead atoms. The second-order valence-electron chi connectivity index (χ2n) is 12.9. The first-order chi connectivity index (χ1) is 22.0. The van der Waals surface area contributed by atoms with E-state index in [1.807, 2.05) is 31.5 Å². The van der Waals surface area contributed by atoms with Gasteiger partial charge in [-0.15, -0.1) is 0 Å². The van der Waals surface area contributed by atoms with Crippen LogP contribution in [-0.2, 0) is 36.9 Å². The van der Waals surface area contributed by atoms with Crippen LogP contribution in [0.25, 0.3) is 27.7 Å². The summed E-state index contributed by atoms with van der Waals surface area (Å²) in [5.74, 6) is -0.0279. The number of anilines is 2. The molecule has 0 aliphatic carbocycles. The molecule has 0 amide bonds. The molecular weight excluding hydrogens is 591 g/mol. The van der Waals surface area contributed by atoms with E-state index in [1.54, 1.807) is 31.4 Å². The van der Waals surface area contributed by atoms with E-state index >= 15 is 4.39 Å². The lowest BCUT2D eigenvalue weighted by Crippen LogP contribution is -2.51. The Hall–Kier alpha value is -4.72. The Morgan fingerprint density at radius 2 is 1.91 bits per heavy atom. The first-order valence-corrected chi connectivity index (χ1v) is 15.2. The highest BCUT2D eigenvalue weighted by molar-refractivity contribution is 5.83. The van der Waals surface area contributed by atoms with Crippen LogP contribution < -0.4 is 16.4 Å². The van der Waals surface area contributed by atoms with Gasteiger partial charge in [-0.1, -0.05) is 20.8 Å². The summed E-state index contributed by atoms with van der Waals surface area (Å²) < 4.78 is 25.1. The SMILES string of the molecule is Cn1cc(-c2ccnc(-n3ncc4cc(C(C)(C)C)cc(F)c4c3=O)c2CO)cc(Nc2cc3n(n2)CCN(C2COC2)C3)c1=O. The number of nitrogens with one attached hydrogen (secondary N) is 1. The number of aliphatic hydroxyl groups excluding tert-OH is 1. The van der Waals surface area contributed by atoms with Gasteiger partial charge < -0.3 is 19.7 Å². The third-order valence-corrected chi connectivity index (χ3v) is 8.82. The molecule has 6 heterocycles. The van der Waals surface area contributed by atoms with Crippen LogP contribution in [0.3, 0.4) is 0 Å². The maximum absolute atomic E-state index is 15.4. The van der Waals surface area contributed by atoms with Crippen molar-refractivity contribution < 1.29 is 14.2 Å². The molecule has 0 atom stereocenters. The molecule has 1 aromatic carbocycles. The smallest absolute Gasteiger partial charge is 0.283 e. The van der Waals surface area contributed by atoms with Gasteiger partial charge in [-0.3, -0.25) is 19.2 Å². The van der Waals surface area contributed by atoms with Crippen molar-refractivity contribution in [3.8, 4) is 16.9 Å². The summed E-state index contributed by atoms with van der Waals surface area (Å²) in [6.45, 7) is 9.28. The summed E-state index contributed by atoms with van der Waals surface area (Å²) in [4.78, 5) is 33.6. The Morgan fingerprint density at radius 1 is 1.11 bits per heavy atom. The Balaban J connectivity index is 1.25. The molecule has 5 aromatic rings. The Kier molecular flexibility index (Phi) is 7.34. The largest absolute Gasteiger partial charge is 0.392 e. The molecule has 1 fully saturated rings. The standard InChI is InChI=1S/C33H35FN8O4/c1-33(2,3)21-9-19-13-36-42(32(45)29(19)26(34)11-21)30-25(16-43)24(5-6-35-30)20-10-27(31(44)39(4)14-20)37-28-12-22-15-40(23-17-46-18-23)7-8-41(22)38-28/h5-6,9-14,23,43H,7-8,15-18H2,1-4H3,(H,37,38). The molecule has 2 aliphatic rings. The van der Waals surface area contributed by atoms with E-state index in [0.29, 0.717) is 39.6 Å². The summed E-state index contributed by atoms with van der Waals surface area (Å²) >= 11 is 0. The number of rotatable bonds is 6. The topological polar surface area (TPSA) is 132 Å². The zero-order valence-electron chi connectivity index (χ0n) is 26.1. The molecule has 46 heavy (non-hydrogen) atoms. The van der Waals surface area contributed by atoms with Crippen molar-refractivity contribution in [2.75, 3.05) is 25.1 Å². The van der Waals surface area contributed by atoms with Gasteiger partial charge in [0.05, 0.1) is 49.7 Å². The normalized spacial score (nSPS) is 15.6. The van der Waals surface area contributed by atoms with Crippen LogP contribution in [0.1, 0.15) is 37.6 Å². The molecule has 13 heteroatoms. The molecular formula is C33H35FN8O4. The number of pyridine rings is 2. The third-order valence-electron chi connectivity index (χ3n) is 8.82. The summed E-state index contributed by atoms with van der Waals surface area (Å²) in [6.07, 6.45) is 4.57. The fraction of sp³-hybridized carbons (Fsp3) is 0.364. The Bertz CT molecular complexity index is 2110. The number of hydrogen-bond acceptors (Lipinski definition) is 9. The van der Waals surface area contributed by atoms with Crippen LogP contribution in [-0.4, -0.2) is 64.9 Å². The van der Waals surface area contributed by atoms with Gasteiger partial charge in [-0.05, 0) is 40.8 Å². The monoisotopic (exact) mass is 626 g/mol. The number of fused-ring (bicyclic) bond motifs is 2. The quantitative estimate of drug-likeness (QED) is 0.292. The van der Waals surface area contributed by atoms with Gasteiger partial charge >= 0.3 is 0 Å². The van der Waals surface area contributed by atoms with Crippen molar-refractivity contribution in [2.45, 2.75) is 51.9 Å². The van der Waals surface area contributed by atoms with Crippen molar-refractivity contribution in [1.29, 1.82) is 0 Å². The van der Waals surface area contributed by atoms with E-state index < -0.39 is 18.0 Å². The highest BCUT2D eigenvalue weighted by Crippen LogP contribution is 2.30. The van der Waals surface area contributed by atoms with Crippen molar-refractivity contribution >= 4 is 22.3 Å². The van der Waals surface area contributed by atoms with Crippen LogP contribution in [0.5, 0.6) is 0 Å². The van der Waals surface area contributed by atoms with E-state index in [9.17, 15) is 14.7 Å². The second-order valence-corrected chi connectivity index (χ2v) is 12.9. The van der Waals surface area contributed by atoms with Crippen molar-refractivity contribution in [3.05, 3.63) is 92.3 Å². The lowest BCUT2D eigenvalue weighted by Gasteiger charge is -2.39. The predicted molar refractivity (Wildman–Crippen MR) is 171 cm³/mol. The summed E-state index contributed by atoms with van der Waals surface area (Å²) in [5, 5.41) is 23.0. The fourth-order valence-electron chi connectivity index (χ4n) is 6.09. The summed E-state index contributed by atoms with van der Waals surface area (Å²) in [6, 6.07) is 8.89. The minimum absolute atomic E-state index is 0.0674. The van der Waals surface area contributed by atoms with E-state index in [-0.39, 0.29) is 22.2 Å². The summed E-state index contributed by atoms with van der Waals surface area (Å²) in [5.41, 5.74) is 2.23. The minimum atomic E-state index is -0.690. The zero-order chi connectivity index (χ0) is 32.3. The molecule has 0 unspecified atom stereocenters. The maximum atomic E-state index is 15.4. The first-order valence-electron chi connectivity index (χ1n) is 15.2. The molecule has 7 rings (SSSR count). The van der Waals surface area contributed by atoms with Gasteiger partial charge in [-0.2, -0.15) is 14.9 Å². The molecule has 238 valence electrons. The molecule has 0 spiro atoms. The average molecular weight is 627 g/mol. The lowest BCUT2D eigenvalue weighted by molar-refractivity contribution is -0.0735. The van der Waals surface area contributed by atoms with Crippen LogP contribution in [0.15, 0.2) is 58.5 Å². The number of aliphatic hydroxyl groups is 1. The number of benzene rings is 1. The molecule has 2 aliphatic heterocycles. The number of ether oxygens (including phenoxy) is 1. The van der Waals surface area contributed by atoms with E-state index in [1.165, 1.54) is 23.0 Å².